The minimum atomic E-state index is -4.71. The van der Waals surface area contributed by atoms with E-state index in [1.165, 1.54) is 18.2 Å². The first kappa shape index (κ1) is 17.4. The molecule has 1 aromatic carbocycles. The Bertz CT molecular complexity index is 549. The summed E-state index contributed by atoms with van der Waals surface area (Å²) in [5.74, 6) is -0.361. The van der Waals surface area contributed by atoms with E-state index in [0.717, 1.165) is 6.42 Å². The fourth-order valence-corrected chi connectivity index (χ4v) is 2.57. The first-order chi connectivity index (χ1) is 10.7. The summed E-state index contributed by atoms with van der Waals surface area (Å²) in [4.78, 5) is 13.6. The Kier molecular flexibility index (Phi) is 5.35. The first-order valence-electron chi connectivity index (χ1n) is 7.38. The molecular formula is C15H20F3N3O2. The van der Waals surface area contributed by atoms with Crippen molar-refractivity contribution < 1.29 is 22.7 Å². The molecule has 1 aromatic rings. The molecule has 0 saturated carbocycles. The third-order valence-corrected chi connectivity index (χ3v) is 3.48. The summed E-state index contributed by atoms with van der Waals surface area (Å²) in [7, 11) is 0. The van der Waals surface area contributed by atoms with Gasteiger partial charge in [-0.25, -0.2) is 0 Å². The number of halogens is 3. The number of ether oxygens (including phenoxy) is 1. The van der Waals surface area contributed by atoms with E-state index in [-0.39, 0.29) is 30.2 Å². The van der Waals surface area contributed by atoms with Gasteiger partial charge in [0.25, 0.3) is 0 Å². The lowest BCUT2D eigenvalue weighted by Crippen LogP contribution is -2.39. The number of benzene rings is 1. The molecule has 1 amide bonds. The molecule has 2 rings (SSSR count). The molecule has 1 heterocycles. The third kappa shape index (κ3) is 5.63. The van der Waals surface area contributed by atoms with Crippen LogP contribution in [0.4, 0.5) is 18.9 Å². The van der Waals surface area contributed by atoms with Crippen LogP contribution in [-0.4, -0.2) is 37.4 Å². The minimum Gasteiger partial charge on any atom is -0.406 e. The van der Waals surface area contributed by atoms with Crippen LogP contribution in [0.5, 0.6) is 5.75 Å². The van der Waals surface area contributed by atoms with Gasteiger partial charge in [0, 0.05) is 43.3 Å². The van der Waals surface area contributed by atoms with Crippen LogP contribution < -0.4 is 20.7 Å². The lowest BCUT2D eigenvalue weighted by molar-refractivity contribution is -0.274. The predicted octanol–water partition coefficient (Wildman–Crippen LogP) is 2.02. The number of carbonyl (C=O) groups is 1. The maximum absolute atomic E-state index is 12.3. The maximum atomic E-state index is 12.3. The van der Waals surface area contributed by atoms with Gasteiger partial charge >= 0.3 is 6.36 Å². The molecule has 23 heavy (non-hydrogen) atoms. The summed E-state index contributed by atoms with van der Waals surface area (Å²) in [5.41, 5.74) is 6.21. The van der Waals surface area contributed by atoms with Crippen LogP contribution >= 0.6 is 0 Å². The first-order valence-corrected chi connectivity index (χ1v) is 7.38. The van der Waals surface area contributed by atoms with Crippen molar-refractivity contribution in [2.24, 2.45) is 5.73 Å². The molecule has 0 aliphatic carbocycles. The molecule has 5 nitrogen and oxygen atoms in total. The van der Waals surface area contributed by atoms with Gasteiger partial charge in [-0.3, -0.25) is 4.79 Å². The van der Waals surface area contributed by atoms with Gasteiger partial charge in [0.05, 0.1) is 0 Å². The zero-order chi connectivity index (χ0) is 17.0. The van der Waals surface area contributed by atoms with Crippen LogP contribution in [0.1, 0.15) is 19.8 Å². The molecule has 0 spiro atoms. The summed E-state index contributed by atoms with van der Waals surface area (Å²) in [6, 6.07) is 5.60. The average Bonchev–Trinajstić information content (AvgIpc) is 2.84. The van der Waals surface area contributed by atoms with Crippen molar-refractivity contribution in [3.63, 3.8) is 0 Å². The van der Waals surface area contributed by atoms with Crippen molar-refractivity contribution in [2.75, 3.05) is 18.0 Å². The van der Waals surface area contributed by atoms with E-state index in [2.05, 4.69) is 10.1 Å². The Balaban J connectivity index is 1.94. The van der Waals surface area contributed by atoms with E-state index in [4.69, 9.17) is 5.73 Å². The fourth-order valence-electron chi connectivity index (χ4n) is 2.57. The van der Waals surface area contributed by atoms with E-state index in [1.54, 1.807) is 13.0 Å². The monoisotopic (exact) mass is 331 g/mol. The van der Waals surface area contributed by atoms with Gasteiger partial charge in [0.1, 0.15) is 5.75 Å². The number of amides is 1. The maximum Gasteiger partial charge on any atom is 0.573 e. The van der Waals surface area contributed by atoms with Crippen molar-refractivity contribution in [1.82, 2.24) is 5.32 Å². The van der Waals surface area contributed by atoms with Crippen molar-refractivity contribution in [1.29, 1.82) is 0 Å². The lowest BCUT2D eigenvalue weighted by atomic mass is 10.2. The van der Waals surface area contributed by atoms with Gasteiger partial charge in [0.2, 0.25) is 5.91 Å². The van der Waals surface area contributed by atoms with Gasteiger partial charge in [-0.2, -0.15) is 0 Å². The van der Waals surface area contributed by atoms with E-state index in [9.17, 15) is 18.0 Å². The topological polar surface area (TPSA) is 67.6 Å². The van der Waals surface area contributed by atoms with Crippen LogP contribution in [0.3, 0.4) is 0 Å². The fraction of sp³-hybridized carbons (Fsp3) is 0.533. The number of hydrogen-bond donors (Lipinski definition) is 2. The highest BCUT2D eigenvalue weighted by molar-refractivity contribution is 5.77. The van der Waals surface area contributed by atoms with Gasteiger partial charge in [-0.1, -0.05) is 6.07 Å². The summed E-state index contributed by atoms with van der Waals surface area (Å²) >= 11 is 0. The molecule has 0 bridgehead atoms. The van der Waals surface area contributed by atoms with Gasteiger partial charge < -0.3 is 20.7 Å². The summed E-state index contributed by atoms with van der Waals surface area (Å²) in [6.07, 6.45) is -3.72. The van der Waals surface area contributed by atoms with E-state index in [0.29, 0.717) is 18.8 Å². The number of nitrogens with two attached hydrogens (primary N) is 1. The predicted molar refractivity (Wildman–Crippen MR) is 80.2 cm³/mol. The molecule has 1 aliphatic rings. The van der Waals surface area contributed by atoms with Gasteiger partial charge in [-0.05, 0) is 25.5 Å². The minimum absolute atomic E-state index is 0.0339. The Labute approximate surface area is 132 Å². The van der Waals surface area contributed by atoms with Crippen LogP contribution in [0, 0.1) is 0 Å². The molecule has 3 N–H and O–H groups in total. The third-order valence-electron chi connectivity index (χ3n) is 3.48. The second kappa shape index (κ2) is 7.08. The second-order valence-electron chi connectivity index (χ2n) is 5.73. The second-order valence-corrected chi connectivity index (χ2v) is 5.73. The van der Waals surface area contributed by atoms with Crippen LogP contribution in [-0.2, 0) is 4.79 Å². The van der Waals surface area contributed by atoms with Crippen LogP contribution in [0.15, 0.2) is 24.3 Å². The van der Waals surface area contributed by atoms with E-state index < -0.39 is 6.36 Å². The van der Waals surface area contributed by atoms with Gasteiger partial charge in [-0.15, -0.1) is 13.2 Å². The smallest absolute Gasteiger partial charge is 0.406 e. The highest BCUT2D eigenvalue weighted by atomic mass is 19.4. The lowest BCUT2D eigenvalue weighted by Gasteiger charge is -2.20. The summed E-state index contributed by atoms with van der Waals surface area (Å²) < 4.78 is 40.7. The molecule has 0 radical (unpaired) electrons. The number of alkyl halides is 3. The Morgan fingerprint density at radius 3 is 2.91 bits per heavy atom. The highest BCUT2D eigenvalue weighted by Gasteiger charge is 2.31. The van der Waals surface area contributed by atoms with Crippen LogP contribution in [0.2, 0.25) is 0 Å². The molecule has 8 heteroatoms. The molecular weight excluding hydrogens is 311 g/mol. The molecule has 1 aliphatic heterocycles. The SMILES string of the molecule is CC(N)CC(=O)NC1CCN(c2cccc(OC(F)(F)F)c2)C1. The van der Waals surface area contributed by atoms with E-state index >= 15 is 0 Å². The number of rotatable bonds is 5. The average molecular weight is 331 g/mol. The van der Waals surface area contributed by atoms with E-state index in [1.807, 2.05) is 4.90 Å². The number of nitrogens with zero attached hydrogens (tertiary/aromatic N) is 1. The number of nitrogens with one attached hydrogen (secondary N) is 1. The number of hydrogen-bond acceptors (Lipinski definition) is 4. The zero-order valence-electron chi connectivity index (χ0n) is 12.8. The highest BCUT2D eigenvalue weighted by Crippen LogP contribution is 2.28. The van der Waals surface area contributed by atoms with Crippen molar-refractivity contribution >= 4 is 11.6 Å². The molecule has 1 saturated heterocycles. The summed E-state index contributed by atoms with van der Waals surface area (Å²) in [5, 5.41) is 2.89. The van der Waals surface area contributed by atoms with Gasteiger partial charge in [0.15, 0.2) is 0 Å². The Morgan fingerprint density at radius 2 is 2.26 bits per heavy atom. The molecule has 128 valence electrons. The molecule has 0 aromatic heterocycles. The molecule has 2 unspecified atom stereocenters. The molecule has 2 atom stereocenters. The summed E-state index contributed by atoms with van der Waals surface area (Å²) in [6.45, 7) is 2.95. The normalized spacial score (nSPS) is 19.5. The standard InChI is InChI=1S/C15H20F3N3O2/c1-10(19)7-14(22)20-11-5-6-21(9-11)12-3-2-4-13(8-12)23-15(16,17)18/h2-4,8,10-11H,5-7,9,19H2,1H3,(H,20,22). The van der Waals surface area contributed by atoms with Crippen molar-refractivity contribution in [3.05, 3.63) is 24.3 Å². The van der Waals surface area contributed by atoms with Crippen molar-refractivity contribution in [2.45, 2.75) is 38.2 Å². The zero-order valence-corrected chi connectivity index (χ0v) is 12.8. The number of anilines is 1. The Hall–Kier alpha value is -1.96. The Morgan fingerprint density at radius 1 is 1.52 bits per heavy atom. The largest absolute Gasteiger partial charge is 0.573 e. The molecule has 1 fully saturated rings. The van der Waals surface area contributed by atoms with Crippen molar-refractivity contribution in [3.8, 4) is 5.75 Å². The number of carbonyl (C=O) groups excluding carboxylic acids is 1. The van der Waals surface area contributed by atoms with Crippen LogP contribution in [0.25, 0.3) is 0 Å². The quantitative estimate of drug-likeness (QED) is 0.866.